The molecule has 0 heterocycles. The fraction of sp³-hybridized carbons (Fsp3) is 0.136. The molecule has 0 saturated carbocycles. The molecule has 0 bridgehead atoms. The molecule has 5 nitrogen and oxygen atoms in total. The van der Waals surface area contributed by atoms with E-state index in [1.54, 1.807) is 30.3 Å². The maximum Gasteiger partial charge on any atom is 0.335 e. The van der Waals surface area contributed by atoms with Crippen LogP contribution in [-0.2, 0) is 24.1 Å². The number of aryl methyl sites for hydroxylation is 3. The molecule has 3 rings (SSSR count). The summed E-state index contributed by atoms with van der Waals surface area (Å²) in [4.78, 5) is 11.4. The van der Waals surface area contributed by atoms with E-state index < -0.39 is 17.2 Å². The zero-order valence-corrected chi connectivity index (χ0v) is 16.2. The second-order valence-corrected chi connectivity index (χ2v) is 7.32. The summed E-state index contributed by atoms with van der Waals surface area (Å²) in [5, 5.41) is 9.32. The Morgan fingerprint density at radius 2 is 1.64 bits per heavy atom. The fourth-order valence-corrected chi connectivity index (χ4v) is 3.67. The van der Waals surface area contributed by atoms with Gasteiger partial charge in [-0.25, -0.2) is 13.3 Å². The van der Waals surface area contributed by atoms with Crippen LogP contribution >= 0.6 is 0 Å². The van der Waals surface area contributed by atoms with Gasteiger partial charge < -0.3 is 5.11 Å². The maximum atomic E-state index is 12.0. The third-order valence-electron chi connectivity index (χ3n) is 4.50. The number of aromatic carboxylic acids is 1. The van der Waals surface area contributed by atoms with E-state index in [9.17, 15) is 18.7 Å². The molecule has 0 aliphatic carbocycles. The van der Waals surface area contributed by atoms with Gasteiger partial charge in [0.25, 0.3) is 11.3 Å². The molecular weight excluding hydrogens is 374 g/mol. The monoisotopic (exact) mass is 395 g/mol. The van der Waals surface area contributed by atoms with Crippen LogP contribution in [0, 0.1) is 6.92 Å². The molecule has 0 fully saturated rings. The Bertz CT molecular complexity index is 1000. The second-order valence-electron chi connectivity index (χ2n) is 6.49. The molecule has 1 atom stereocenters. The number of anilines is 2. The topological polar surface area (TPSA) is 77.8 Å². The van der Waals surface area contributed by atoms with Crippen molar-refractivity contribution in [3.63, 3.8) is 0 Å². The molecule has 2 N–H and O–H groups in total. The van der Waals surface area contributed by atoms with E-state index in [2.05, 4.69) is 0 Å². The van der Waals surface area contributed by atoms with Crippen molar-refractivity contribution in [3.05, 3.63) is 95.1 Å². The third-order valence-corrected chi connectivity index (χ3v) is 5.23. The van der Waals surface area contributed by atoms with Gasteiger partial charge >= 0.3 is 5.97 Å². The van der Waals surface area contributed by atoms with Crippen LogP contribution in [0.5, 0.6) is 0 Å². The van der Waals surface area contributed by atoms with Crippen LogP contribution in [-0.4, -0.2) is 19.8 Å². The van der Waals surface area contributed by atoms with Crippen molar-refractivity contribution in [1.82, 2.24) is 0 Å². The Morgan fingerprint density at radius 1 is 0.929 bits per heavy atom. The Morgan fingerprint density at radius 3 is 2.32 bits per heavy atom. The largest absolute Gasteiger partial charge is 0.478 e. The number of nitrogens with zero attached hydrogens (tertiary/aromatic N) is 1. The molecule has 0 saturated heterocycles. The summed E-state index contributed by atoms with van der Waals surface area (Å²) < 4.78 is 23.1. The summed E-state index contributed by atoms with van der Waals surface area (Å²) in [5.41, 5.74) is 4.32. The van der Waals surface area contributed by atoms with Gasteiger partial charge in [0.05, 0.1) is 16.9 Å². The van der Waals surface area contributed by atoms with Crippen molar-refractivity contribution in [1.29, 1.82) is 0 Å². The number of benzene rings is 3. The zero-order valence-electron chi connectivity index (χ0n) is 15.4. The lowest BCUT2D eigenvalue weighted by atomic mass is 9.99. The lowest BCUT2D eigenvalue weighted by Gasteiger charge is -2.21. The highest BCUT2D eigenvalue weighted by atomic mass is 32.2. The van der Waals surface area contributed by atoms with E-state index in [0.29, 0.717) is 29.8 Å². The minimum absolute atomic E-state index is 0.302. The van der Waals surface area contributed by atoms with Gasteiger partial charge in [-0.05, 0) is 61.2 Å². The molecule has 1 unspecified atom stereocenters. The van der Waals surface area contributed by atoms with Gasteiger partial charge in [-0.3, -0.25) is 4.55 Å². The Labute approximate surface area is 166 Å². The molecule has 3 aromatic rings. The summed E-state index contributed by atoms with van der Waals surface area (Å²) in [6.45, 7) is 1.96. The fourth-order valence-electron chi connectivity index (χ4n) is 3.07. The van der Waals surface area contributed by atoms with E-state index in [-0.39, 0.29) is 0 Å². The number of carboxylic acids is 1. The molecular formula is C22H21NO4S. The van der Waals surface area contributed by atoms with Gasteiger partial charge in [0.1, 0.15) is 0 Å². The van der Waals surface area contributed by atoms with Crippen LogP contribution in [0.2, 0.25) is 0 Å². The number of carbonyl (C=O) groups is 1. The molecule has 0 aliphatic heterocycles. The highest BCUT2D eigenvalue weighted by Gasteiger charge is 2.16. The Kier molecular flexibility index (Phi) is 6.23. The number of hydrogen-bond donors (Lipinski definition) is 2. The first-order valence-electron chi connectivity index (χ1n) is 8.83. The molecule has 144 valence electrons. The van der Waals surface area contributed by atoms with Gasteiger partial charge in [0.15, 0.2) is 0 Å². The zero-order chi connectivity index (χ0) is 20.1. The first-order chi connectivity index (χ1) is 13.5. The minimum atomic E-state index is -2.21. The van der Waals surface area contributed by atoms with Crippen molar-refractivity contribution in [3.8, 4) is 0 Å². The van der Waals surface area contributed by atoms with Crippen molar-refractivity contribution in [2.24, 2.45) is 0 Å². The highest BCUT2D eigenvalue weighted by Crippen LogP contribution is 2.28. The first-order valence-corrected chi connectivity index (χ1v) is 9.90. The predicted octanol–water partition coefficient (Wildman–Crippen LogP) is 4.75. The SMILES string of the molecule is Cc1ccc(N(c2cccc(CCc3ccccc3C(=O)O)c2)S(=O)O)cc1. The molecule has 0 spiro atoms. The molecule has 0 aromatic heterocycles. The number of carboxylic acid groups (broad SMARTS) is 1. The van der Waals surface area contributed by atoms with E-state index >= 15 is 0 Å². The van der Waals surface area contributed by atoms with Gasteiger partial charge in [-0.15, -0.1) is 0 Å². The van der Waals surface area contributed by atoms with Crippen LogP contribution in [0.1, 0.15) is 27.0 Å². The average Bonchev–Trinajstić information content (AvgIpc) is 2.68. The molecule has 6 heteroatoms. The molecule has 0 amide bonds. The van der Waals surface area contributed by atoms with Gasteiger partial charge in [-0.1, -0.05) is 48.0 Å². The number of hydrogen-bond acceptors (Lipinski definition) is 2. The molecule has 0 aliphatic rings. The van der Waals surface area contributed by atoms with Crippen molar-refractivity contribution in [2.75, 3.05) is 4.31 Å². The van der Waals surface area contributed by atoms with Crippen molar-refractivity contribution >= 4 is 28.6 Å². The summed E-state index contributed by atoms with van der Waals surface area (Å²) >= 11 is -2.21. The number of rotatable bonds is 7. The lowest BCUT2D eigenvalue weighted by Crippen LogP contribution is -2.19. The predicted molar refractivity (Wildman–Crippen MR) is 111 cm³/mol. The van der Waals surface area contributed by atoms with Crippen LogP contribution in [0.15, 0.2) is 72.8 Å². The first kappa shape index (κ1) is 19.8. The summed E-state index contributed by atoms with van der Waals surface area (Å²) in [6, 6.07) is 21.7. The van der Waals surface area contributed by atoms with Gasteiger partial charge in [-0.2, -0.15) is 0 Å². The average molecular weight is 395 g/mol. The highest BCUT2D eigenvalue weighted by molar-refractivity contribution is 7.81. The van der Waals surface area contributed by atoms with E-state index in [1.807, 2.05) is 49.4 Å². The third kappa shape index (κ3) is 4.65. The Balaban J connectivity index is 1.84. The van der Waals surface area contributed by atoms with Crippen LogP contribution in [0.25, 0.3) is 0 Å². The molecule has 3 aromatic carbocycles. The standard InChI is InChI=1S/C22H21NO4S/c1-16-9-13-19(14-10-16)23(28(26)27)20-7-4-5-17(15-20)11-12-18-6-2-3-8-21(18)22(24)25/h2-10,13-15H,11-12H2,1H3,(H,24,25)(H,26,27). The van der Waals surface area contributed by atoms with E-state index in [4.69, 9.17) is 0 Å². The smallest absolute Gasteiger partial charge is 0.335 e. The van der Waals surface area contributed by atoms with E-state index in [1.165, 1.54) is 4.31 Å². The van der Waals surface area contributed by atoms with Crippen molar-refractivity contribution < 1.29 is 18.7 Å². The molecule has 0 radical (unpaired) electrons. The van der Waals surface area contributed by atoms with Crippen LogP contribution in [0.4, 0.5) is 11.4 Å². The minimum Gasteiger partial charge on any atom is -0.478 e. The summed E-state index contributed by atoms with van der Waals surface area (Å²) in [5.74, 6) is -0.939. The van der Waals surface area contributed by atoms with Crippen LogP contribution in [0.3, 0.4) is 0 Å². The van der Waals surface area contributed by atoms with Crippen LogP contribution < -0.4 is 4.31 Å². The second kappa shape index (κ2) is 8.82. The lowest BCUT2D eigenvalue weighted by molar-refractivity contribution is 0.0695. The van der Waals surface area contributed by atoms with Gasteiger partial charge in [0.2, 0.25) is 0 Å². The maximum absolute atomic E-state index is 12.0. The quantitative estimate of drug-likeness (QED) is 0.566. The van der Waals surface area contributed by atoms with Gasteiger partial charge in [0, 0.05) is 0 Å². The molecule has 28 heavy (non-hydrogen) atoms. The normalized spacial score (nSPS) is 11.8. The Hall–Kier alpha value is -2.96. The van der Waals surface area contributed by atoms with Crippen molar-refractivity contribution in [2.45, 2.75) is 19.8 Å². The summed E-state index contributed by atoms with van der Waals surface area (Å²) in [7, 11) is 0. The van der Waals surface area contributed by atoms with E-state index in [0.717, 1.165) is 16.7 Å². The summed E-state index contributed by atoms with van der Waals surface area (Å²) in [6.07, 6.45) is 1.19.